The summed E-state index contributed by atoms with van der Waals surface area (Å²) in [6.45, 7) is 12.2. The molecule has 2 rings (SSSR count). The summed E-state index contributed by atoms with van der Waals surface area (Å²) in [5, 5.41) is 2.29. The highest BCUT2D eigenvalue weighted by molar-refractivity contribution is 7.10. The normalized spacial score (nSPS) is 18.0. The first kappa shape index (κ1) is 13.7. The van der Waals surface area contributed by atoms with Gasteiger partial charge in [-0.2, -0.15) is 0 Å². The zero-order valence-corrected chi connectivity index (χ0v) is 11.8. The summed E-state index contributed by atoms with van der Waals surface area (Å²) in [5.41, 5.74) is 1.48. The van der Waals surface area contributed by atoms with Gasteiger partial charge in [-0.3, -0.25) is 4.90 Å². The van der Waals surface area contributed by atoms with Crippen molar-refractivity contribution in [2.45, 2.75) is 27.3 Å². The zero-order valence-electron chi connectivity index (χ0n) is 11.0. The highest BCUT2D eigenvalue weighted by atomic mass is 32.1. The Kier molecular flexibility index (Phi) is 6.03. The summed E-state index contributed by atoms with van der Waals surface area (Å²) in [4.78, 5) is 6.37. The molecule has 0 N–H and O–H groups in total. The van der Waals surface area contributed by atoms with Crippen LogP contribution < -0.4 is 0 Å². The Balaban J connectivity index is 0.000000606. The molecule has 92 valence electrons. The summed E-state index contributed by atoms with van der Waals surface area (Å²) in [6.07, 6.45) is 0. The number of aryl methyl sites for hydroxylation is 1. The van der Waals surface area contributed by atoms with E-state index in [9.17, 15) is 0 Å². The summed E-state index contributed by atoms with van der Waals surface area (Å²) in [6, 6.07) is 2.31. The molecule has 0 aromatic carbocycles. The Morgan fingerprint density at radius 2 is 1.81 bits per heavy atom. The molecule has 0 aliphatic carbocycles. The smallest absolute Gasteiger partial charge is 0.0243 e. The third-order valence-corrected chi connectivity index (χ3v) is 3.70. The molecule has 0 saturated carbocycles. The van der Waals surface area contributed by atoms with Crippen molar-refractivity contribution < 1.29 is 0 Å². The van der Waals surface area contributed by atoms with Gasteiger partial charge >= 0.3 is 0 Å². The number of nitrogens with zero attached hydrogens (tertiary/aromatic N) is 2. The lowest BCUT2D eigenvalue weighted by molar-refractivity contribution is 0.148. The van der Waals surface area contributed by atoms with Crippen molar-refractivity contribution in [2.75, 3.05) is 33.2 Å². The van der Waals surface area contributed by atoms with E-state index in [2.05, 4.69) is 35.2 Å². The van der Waals surface area contributed by atoms with Crippen LogP contribution in [0.5, 0.6) is 0 Å². The number of piperazine rings is 1. The van der Waals surface area contributed by atoms with Crippen LogP contribution in [0.15, 0.2) is 11.4 Å². The fourth-order valence-electron chi connectivity index (χ4n) is 1.84. The molecule has 1 aliphatic heterocycles. The monoisotopic (exact) mass is 240 g/mol. The van der Waals surface area contributed by atoms with Gasteiger partial charge in [-0.15, -0.1) is 11.3 Å². The van der Waals surface area contributed by atoms with E-state index in [1.807, 2.05) is 25.2 Å². The van der Waals surface area contributed by atoms with E-state index in [0.717, 1.165) is 6.54 Å². The molecule has 1 aromatic heterocycles. The fraction of sp³-hybridized carbons (Fsp3) is 0.692. The Labute approximate surface area is 104 Å². The van der Waals surface area contributed by atoms with Gasteiger partial charge in [0.1, 0.15) is 0 Å². The summed E-state index contributed by atoms with van der Waals surface area (Å²) >= 11 is 1.86. The predicted molar refractivity (Wildman–Crippen MR) is 73.2 cm³/mol. The van der Waals surface area contributed by atoms with Crippen LogP contribution in [0.1, 0.15) is 24.3 Å². The minimum Gasteiger partial charge on any atom is -0.304 e. The van der Waals surface area contributed by atoms with Gasteiger partial charge in [0.15, 0.2) is 0 Å². The second-order valence-corrected chi connectivity index (χ2v) is 5.26. The van der Waals surface area contributed by atoms with E-state index in [4.69, 9.17) is 0 Å². The summed E-state index contributed by atoms with van der Waals surface area (Å²) < 4.78 is 0. The average Bonchev–Trinajstić information content (AvgIpc) is 2.70. The predicted octanol–water partition coefficient (Wildman–Crippen LogP) is 2.83. The van der Waals surface area contributed by atoms with Crippen molar-refractivity contribution in [1.82, 2.24) is 9.80 Å². The molecule has 1 aromatic rings. The van der Waals surface area contributed by atoms with Crippen LogP contribution in [-0.4, -0.2) is 43.0 Å². The molecule has 2 heterocycles. The molecule has 1 saturated heterocycles. The third-order valence-electron chi connectivity index (χ3n) is 2.79. The van der Waals surface area contributed by atoms with E-state index in [0.29, 0.717) is 0 Å². The Morgan fingerprint density at radius 1 is 1.19 bits per heavy atom. The van der Waals surface area contributed by atoms with E-state index in [1.54, 1.807) is 0 Å². The van der Waals surface area contributed by atoms with Gasteiger partial charge in [0.25, 0.3) is 0 Å². The van der Waals surface area contributed by atoms with Gasteiger partial charge in [-0.1, -0.05) is 13.8 Å². The van der Waals surface area contributed by atoms with Crippen LogP contribution in [0.25, 0.3) is 0 Å². The molecular formula is C13H24N2S. The molecule has 0 spiro atoms. The van der Waals surface area contributed by atoms with Crippen LogP contribution in [-0.2, 0) is 6.54 Å². The SMILES string of the molecule is CC.Cc1cc(CN2CCN(C)CC2)cs1. The van der Waals surface area contributed by atoms with E-state index in [-0.39, 0.29) is 0 Å². The van der Waals surface area contributed by atoms with Gasteiger partial charge in [-0.25, -0.2) is 0 Å². The second kappa shape index (κ2) is 7.05. The minimum absolute atomic E-state index is 1.14. The third kappa shape index (κ3) is 4.24. The molecule has 0 unspecified atom stereocenters. The minimum atomic E-state index is 1.14. The van der Waals surface area contributed by atoms with Crippen molar-refractivity contribution in [3.05, 3.63) is 21.9 Å². The molecule has 16 heavy (non-hydrogen) atoms. The second-order valence-electron chi connectivity index (χ2n) is 4.15. The molecule has 1 fully saturated rings. The number of likely N-dealkylation sites (N-methyl/N-ethyl adjacent to an activating group) is 1. The van der Waals surface area contributed by atoms with Crippen LogP contribution in [0.2, 0.25) is 0 Å². The Morgan fingerprint density at radius 3 is 2.31 bits per heavy atom. The van der Waals surface area contributed by atoms with Crippen molar-refractivity contribution in [3.8, 4) is 0 Å². The van der Waals surface area contributed by atoms with Crippen LogP contribution >= 0.6 is 11.3 Å². The molecular weight excluding hydrogens is 216 g/mol. The molecule has 3 heteroatoms. The zero-order chi connectivity index (χ0) is 12.0. The summed E-state index contributed by atoms with van der Waals surface area (Å²) in [7, 11) is 2.20. The number of hydrogen-bond acceptors (Lipinski definition) is 3. The Hall–Kier alpha value is -0.380. The highest BCUT2D eigenvalue weighted by Crippen LogP contribution is 2.15. The number of thiophene rings is 1. The first-order valence-electron chi connectivity index (χ1n) is 6.19. The lowest BCUT2D eigenvalue weighted by Gasteiger charge is -2.32. The largest absolute Gasteiger partial charge is 0.304 e. The van der Waals surface area contributed by atoms with Crippen LogP contribution in [0, 0.1) is 6.92 Å². The lowest BCUT2D eigenvalue weighted by Crippen LogP contribution is -2.43. The first-order valence-corrected chi connectivity index (χ1v) is 7.07. The molecule has 0 atom stereocenters. The average molecular weight is 240 g/mol. The maximum Gasteiger partial charge on any atom is 0.0243 e. The van der Waals surface area contributed by atoms with Crippen LogP contribution in [0.3, 0.4) is 0 Å². The molecule has 2 nitrogen and oxygen atoms in total. The summed E-state index contributed by atoms with van der Waals surface area (Å²) in [5.74, 6) is 0. The molecule has 1 aliphatic rings. The van der Waals surface area contributed by atoms with E-state index in [1.165, 1.54) is 36.6 Å². The van der Waals surface area contributed by atoms with Gasteiger partial charge in [0.05, 0.1) is 0 Å². The van der Waals surface area contributed by atoms with E-state index < -0.39 is 0 Å². The van der Waals surface area contributed by atoms with Crippen molar-refractivity contribution >= 4 is 11.3 Å². The maximum atomic E-state index is 2.54. The quantitative estimate of drug-likeness (QED) is 0.784. The topological polar surface area (TPSA) is 6.48 Å². The standard InChI is InChI=1S/C11H18N2S.C2H6/c1-10-7-11(9-14-10)8-13-5-3-12(2)4-6-13;1-2/h7,9H,3-6,8H2,1-2H3;1-2H3. The van der Waals surface area contributed by atoms with E-state index >= 15 is 0 Å². The van der Waals surface area contributed by atoms with Crippen molar-refractivity contribution in [3.63, 3.8) is 0 Å². The number of rotatable bonds is 2. The van der Waals surface area contributed by atoms with Gasteiger partial charge < -0.3 is 4.90 Å². The van der Waals surface area contributed by atoms with Crippen molar-refractivity contribution in [1.29, 1.82) is 0 Å². The van der Waals surface area contributed by atoms with Gasteiger partial charge in [-0.05, 0) is 31.0 Å². The highest BCUT2D eigenvalue weighted by Gasteiger charge is 2.13. The fourth-order valence-corrected chi connectivity index (χ4v) is 2.54. The first-order chi connectivity index (χ1) is 7.74. The Bertz CT molecular complexity index is 288. The molecule has 0 amide bonds. The van der Waals surface area contributed by atoms with Gasteiger partial charge in [0.2, 0.25) is 0 Å². The maximum absolute atomic E-state index is 2.54. The van der Waals surface area contributed by atoms with Gasteiger partial charge in [0, 0.05) is 37.6 Å². The molecule has 0 bridgehead atoms. The lowest BCUT2D eigenvalue weighted by atomic mass is 10.2. The number of hydrogen-bond donors (Lipinski definition) is 0. The van der Waals surface area contributed by atoms with Crippen molar-refractivity contribution in [2.24, 2.45) is 0 Å². The van der Waals surface area contributed by atoms with Crippen LogP contribution in [0.4, 0.5) is 0 Å². The molecule has 0 radical (unpaired) electrons.